The molecular formula is C11H19Cl2N3O. The molecule has 1 fully saturated rings. The van der Waals surface area contributed by atoms with E-state index in [0.717, 1.165) is 32.7 Å². The summed E-state index contributed by atoms with van der Waals surface area (Å²) in [6, 6.07) is 3.99. The number of nitrogens with zero attached hydrogens (tertiary/aromatic N) is 2. The van der Waals surface area contributed by atoms with Gasteiger partial charge in [-0.25, -0.2) is 4.98 Å². The molecule has 0 aliphatic carbocycles. The number of aromatic nitrogens is 1. The number of nitrogens with one attached hydrogen (secondary N) is 1. The maximum Gasteiger partial charge on any atom is 0.212 e. The Balaban J connectivity index is 0.00000128. The summed E-state index contributed by atoms with van der Waals surface area (Å²) in [6.45, 7) is 5.39. The van der Waals surface area contributed by atoms with Crippen molar-refractivity contribution in [2.45, 2.75) is 6.54 Å². The molecule has 0 bridgehead atoms. The molecule has 1 aromatic rings. The Labute approximate surface area is 115 Å². The Morgan fingerprint density at radius 2 is 2.00 bits per heavy atom. The van der Waals surface area contributed by atoms with Gasteiger partial charge in [-0.2, -0.15) is 0 Å². The van der Waals surface area contributed by atoms with Crippen LogP contribution in [0, 0.1) is 0 Å². The molecule has 0 saturated carbocycles. The lowest BCUT2D eigenvalue weighted by Crippen LogP contribution is -2.42. The van der Waals surface area contributed by atoms with Gasteiger partial charge in [-0.1, -0.05) is 6.07 Å². The predicted molar refractivity (Wildman–Crippen MR) is 73.4 cm³/mol. The highest BCUT2D eigenvalue weighted by atomic mass is 35.5. The molecule has 98 valence electrons. The summed E-state index contributed by atoms with van der Waals surface area (Å²) in [6.07, 6.45) is 1.89. The fourth-order valence-electron chi connectivity index (χ4n) is 1.75. The zero-order valence-electron chi connectivity index (χ0n) is 9.89. The minimum absolute atomic E-state index is 0. The number of ether oxygens (including phenoxy) is 1. The van der Waals surface area contributed by atoms with Gasteiger partial charge in [0.15, 0.2) is 0 Å². The molecule has 1 saturated heterocycles. The summed E-state index contributed by atoms with van der Waals surface area (Å²) in [4.78, 5) is 6.63. The third-order valence-corrected chi connectivity index (χ3v) is 2.62. The standard InChI is InChI=1S/C11H17N3O.2ClH/c1-15-11-3-2-10(8-13-11)9-14-6-4-12-5-7-14;;/h2-3,8,12H,4-7,9H2,1H3;2*1H. The highest BCUT2D eigenvalue weighted by Crippen LogP contribution is 2.09. The van der Waals surface area contributed by atoms with Crippen LogP contribution in [0.5, 0.6) is 5.88 Å². The molecule has 4 nitrogen and oxygen atoms in total. The van der Waals surface area contributed by atoms with E-state index in [2.05, 4.69) is 21.3 Å². The molecule has 1 aliphatic heterocycles. The first-order valence-corrected chi connectivity index (χ1v) is 5.30. The third kappa shape index (κ3) is 5.08. The zero-order chi connectivity index (χ0) is 10.5. The van der Waals surface area contributed by atoms with Crippen LogP contribution in [-0.2, 0) is 6.54 Å². The van der Waals surface area contributed by atoms with Crippen LogP contribution in [0.1, 0.15) is 5.56 Å². The van der Waals surface area contributed by atoms with Gasteiger partial charge in [-0.15, -0.1) is 24.8 Å². The van der Waals surface area contributed by atoms with Crippen molar-refractivity contribution in [2.75, 3.05) is 33.3 Å². The minimum atomic E-state index is 0. The summed E-state index contributed by atoms with van der Waals surface area (Å²) in [7, 11) is 1.64. The van der Waals surface area contributed by atoms with Crippen LogP contribution >= 0.6 is 24.8 Å². The van der Waals surface area contributed by atoms with Crippen molar-refractivity contribution in [2.24, 2.45) is 0 Å². The Morgan fingerprint density at radius 1 is 1.29 bits per heavy atom. The molecule has 17 heavy (non-hydrogen) atoms. The van der Waals surface area contributed by atoms with Crippen molar-refractivity contribution < 1.29 is 4.74 Å². The first-order valence-electron chi connectivity index (χ1n) is 5.30. The van der Waals surface area contributed by atoms with E-state index in [1.54, 1.807) is 7.11 Å². The van der Waals surface area contributed by atoms with E-state index in [1.165, 1.54) is 5.56 Å². The number of halogens is 2. The fraction of sp³-hybridized carbons (Fsp3) is 0.545. The molecule has 0 amide bonds. The normalized spacial score (nSPS) is 15.6. The SMILES string of the molecule is COc1ccc(CN2CCNCC2)cn1.Cl.Cl. The molecule has 2 heterocycles. The molecule has 0 aromatic carbocycles. The molecule has 0 atom stereocenters. The summed E-state index contributed by atoms with van der Waals surface area (Å²) in [5.74, 6) is 0.680. The van der Waals surface area contributed by atoms with Gasteiger partial charge in [-0.3, -0.25) is 4.90 Å². The monoisotopic (exact) mass is 279 g/mol. The van der Waals surface area contributed by atoms with Crippen molar-refractivity contribution in [3.8, 4) is 5.88 Å². The van der Waals surface area contributed by atoms with Gasteiger partial charge < -0.3 is 10.1 Å². The molecule has 1 aliphatic rings. The molecular weight excluding hydrogens is 261 g/mol. The quantitative estimate of drug-likeness (QED) is 0.906. The Morgan fingerprint density at radius 3 is 2.53 bits per heavy atom. The molecule has 0 radical (unpaired) electrons. The highest BCUT2D eigenvalue weighted by molar-refractivity contribution is 5.85. The molecule has 0 spiro atoms. The second-order valence-electron chi connectivity index (χ2n) is 3.73. The molecule has 0 unspecified atom stereocenters. The van der Waals surface area contributed by atoms with Gasteiger partial charge in [0.1, 0.15) is 0 Å². The maximum absolute atomic E-state index is 5.02. The van der Waals surface area contributed by atoms with Crippen LogP contribution in [0.4, 0.5) is 0 Å². The lowest BCUT2D eigenvalue weighted by Gasteiger charge is -2.26. The van der Waals surface area contributed by atoms with Crippen molar-refractivity contribution >= 4 is 24.8 Å². The van der Waals surface area contributed by atoms with E-state index in [-0.39, 0.29) is 24.8 Å². The zero-order valence-corrected chi connectivity index (χ0v) is 11.5. The minimum Gasteiger partial charge on any atom is -0.481 e. The van der Waals surface area contributed by atoms with Crippen LogP contribution in [0.2, 0.25) is 0 Å². The van der Waals surface area contributed by atoms with Crippen LogP contribution < -0.4 is 10.1 Å². The number of hydrogen-bond acceptors (Lipinski definition) is 4. The second-order valence-corrected chi connectivity index (χ2v) is 3.73. The van der Waals surface area contributed by atoms with Gasteiger partial charge in [-0.05, 0) is 5.56 Å². The van der Waals surface area contributed by atoms with Crippen LogP contribution in [0.25, 0.3) is 0 Å². The van der Waals surface area contributed by atoms with Crippen molar-refractivity contribution in [1.82, 2.24) is 15.2 Å². The lowest BCUT2D eigenvalue weighted by atomic mass is 10.2. The van der Waals surface area contributed by atoms with Crippen molar-refractivity contribution in [3.63, 3.8) is 0 Å². The van der Waals surface area contributed by atoms with Crippen LogP contribution in [-0.4, -0.2) is 43.2 Å². The largest absolute Gasteiger partial charge is 0.481 e. The van der Waals surface area contributed by atoms with Gasteiger partial charge >= 0.3 is 0 Å². The van der Waals surface area contributed by atoms with Crippen LogP contribution in [0.3, 0.4) is 0 Å². The molecule has 2 rings (SSSR count). The molecule has 1 aromatic heterocycles. The van der Waals surface area contributed by atoms with Gasteiger partial charge in [0.05, 0.1) is 7.11 Å². The number of hydrogen-bond donors (Lipinski definition) is 1. The van der Waals surface area contributed by atoms with E-state index in [9.17, 15) is 0 Å². The molecule has 6 heteroatoms. The number of pyridine rings is 1. The second kappa shape index (κ2) is 8.53. The smallest absolute Gasteiger partial charge is 0.212 e. The van der Waals surface area contributed by atoms with E-state index >= 15 is 0 Å². The first-order chi connectivity index (χ1) is 7.38. The van der Waals surface area contributed by atoms with E-state index in [1.807, 2.05) is 12.3 Å². The fourth-order valence-corrected chi connectivity index (χ4v) is 1.75. The Bertz CT molecular complexity index is 302. The summed E-state index contributed by atoms with van der Waals surface area (Å²) in [5, 5.41) is 3.34. The van der Waals surface area contributed by atoms with E-state index in [0.29, 0.717) is 5.88 Å². The van der Waals surface area contributed by atoms with E-state index in [4.69, 9.17) is 4.74 Å². The van der Waals surface area contributed by atoms with Crippen molar-refractivity contribution in [1.29, 1.82) is 0 Å². The van der Waals surface area contributed by atoms with E-state index < -0.39 is 0 Å². The first kappa shape index (κ1) is 16.4. The summed E-state index contributed by atoms with van der Waals surface area (Å²) in [5.41, 5.74) is 1.25. The average Bonchev–Trinajstić information content (AvgIpc) is 2.31. The Hall–Kier alpha value is -0.550. The number of piperazine rings is 1. The Kier molecular flexibility index (Phi) is 8.25. The topological polar surface area (TPSA) is 37.4 Å². The van der Waals surface area contributed by atoms with Crippen LogP contribution in [0.15, 0.2) is 18.3 Å². The number of methoxy groups -OCH3 is 1. The average molecular weight is 280 g/mol. The number of rotatable bonds is 3. The van der Waals surface area contributed by atoms with Crippen molar-refractivity contribution in [3.05, 3.63) is 23.9 Å². The predicted octanol–water partition coefficient (Wildman–Crippen LogP) is 1.34. The van der Waals surface area contributed by atoms with Gasteiger partial charge in [0.2, 0.25) is 5.88 Å². The maximum atomic E-state index is 5.02. The van der Waals surface area contributed by atoms with Gasteiger partial charge in [0, 0.05) is 45.0 Å². The third-order valence-electron chi connectivity index (χ3n) is 2.62. The lowest BCUT2D eigenvalue weighted by molar-refractivity contribution is 0.233. The van der Waals surface area contributed by atoms with Gasteiger partial charge in [0.25, 0.3) is 0 Å². The highest BCUT2D eigenvalue weighted by Gasteiger charge is 2.09. The summed E-state index contributed by atoms with van der Waals surface area (Å²) < 4.78 is 5.02. The molecule has 1 N–H and O–H groups in total. The summed E-state index contributed by atoms with van der Waals surface area (Å²) >= 11 is 0.